The van der Waals surface area contributed by atoms with Crippen LogP contribution in [0.5, 0.6) is 5.75 Å². The van der Waals surface area contributed by atoms with Crippen LogP contribution in [0.3, 0.4) is 0 Å². The summed E-state index contributed by atoms with van der Waals surface area (Å²) in [5, 5.41) is 21.1. The van der Waals surface area contributed by atoms with Crippen LogP contribution in [0, 0.1) is 0 Å². The van der Waals surface area contributed by atoms with Gasteiger partial charge in [0.1, 0.15) is 18.0 Å². The first-order chi connectivity index (χ1) is 8.51. The lowest BCUT2D eigenvalue weighted by atomic mass is 9.77. The average molecular weight is 252 g/mol. The molecule has 0 aromatic heterocycles. The summed E-state index contributed by atoms with van der Waals surface area (Å²) in [6.07, 6.45) is 1.47. The third kappa shape index (κ3) is 3.03. The van der Waals surface area contributed by atoms with E-state index in [4.69, 9.17) is 4.74 Å². The zero-order valence-electron chi connectivity index (χ0n) is 11.5. The minimum Gasteiger partial charge on any atom is -0.490 e. The monoisotopic (exact) mass is 252 g/mol. The van der Waals surface area contributed by atoms with Gasteiger partial charge in [-0.25, -0.2) is 0 Å². The Morgan fingerprint density at radius 2 is 1.39 bits per heavy atom. The summed E-state index contributed by atoms with van der Waals surface area (Å²) in [4.78, 5) is 0. The molecule has 0 saturated carbocycles. The van der Waals surface area contributed by atoms with E-state index < -0.39 is 11.2 Å². The van der Waals surface area contributed by atoms with Crippen molar-refractivity contribution in [2.45, 2.75) is 51.2 Å². The predicted molar refractivity (Wildman–Crippen MR) is 72.7 cm³/mol. The molecule has 18 heavy (non-hydrogen) atoms. The minimum absolute atomic E-state index is 0.103. The van der Waals surface area contributed by atoms with Gasteiger partial charge in [0.2, 0.25) is 0 Å². The number of ether oxygens (including phenoxy) is 1. The highest BCUT2D eigenvalue weighted by Crippen LogP contribution is 2.32. The van der Waals surface area contributed by atoms with Gasteiger partial charge in [-0.15, -0.1) is 0 Å². The second kappa shape index (κ2) is 6.21. The Balaban J connectivity index is 2.77. The topological polar surface area (TPSA) is 49.7 Å². The molecule has 1 unspecified atom stereocenters. The number of rotatable bonds is 7. The maximum absolute atomic E-state index is 10.6. The first kappa shape index (κ1) is 15.0. The van der Waals surface area contributed by atoms with E-state index in [2.05, 4.69) is 0 Å². The quantitative estimate of drug-likeness (QED) is 0.784. The predicted octanol–water partition coefficient (Wildman–Crippen LogP) is 2.76. The molecule has 0 bridgehead atoms. The van der Waals surface area contributed by atoms with Crippen LogP contribution in [0.2, 0.25) is 0 Å². The summed E-state index contributed by atoms with van der Waals surface area (Å²) in [7, 11) is 0. The van der Waals surface area contributed by atoms with E-state index in [-0.39, 0.29) is 6.61 Å². The largest absolute Gasteiger partial charge is 0.490 e. The molecule has 1 aromatic rings. The van der Waals surface area contributed by atoms with Crippen LogP contribution in [0.1, 0.15) is 40.0 Å². The van der Waals surface area contributed by atoms with E-state index in [1.807, 2.05) is 51.1 Å². The first-order valence-corrected chi connectivity index (χ1v) is 6.64. The van der Waals surface area contributed by atoms with Crippen LogP contribution < -0.4 is 4.74 Å². The van der Waals surface area contributed by atoms with Crippen molar-refractivity contribution < 1.29 is 14.9 Å². The zero-order valence-corrected chi connectivity index (χ0v) is 11.5. The van der Waals surface area contributed by atoms with E-state index in [1.165, 1.54) is 0 Å². The molecule has 102 valence electrons. The van der Waals surface area contributed by atoms with Crippen molar-refractivity contribution in [3.8, 4) is 5.75 Å². The molecule has 3 nitrogen and oxygen atoms in total. The Bertz CT molecular complexity index is 346. The normalized spacial score (nSPS) is 15.2. The van der Waals surface area contributed by atoms with Crippen LogP contribution in [-0.4, -0.2) is 28.0 Å². The molecule has 1 aromatic carbocycles. The van der Waals surface area contributed by atoms with Crippen LogP contribution in [0.15, 0.2) is 30.3 Å². The number of benzene rings is 1. The molecular weight excluding hydrogens is 228 g/mol. The molecule has 3 heteroatoms. The van der Waals surface area contributed by atoms with E-state index >= 15 is 0 Å². The van der Waals surface area contributed by atoms with Gasteiger partial charge in [0, 0.05) is 0 Å². The molecular formula is C15H24O3. The number of hydrogen-bond acceptors (Lipinski definition) is 3. The molecule has 1 rings (SSSR count). The standard InChI is InChI=1S/C15H24O3/c1-4-14(16,5-2)15(17,6-3)12-18-13-10-8-7-9-11-13/h7-11,16-17H,4-6,12H2,1-3H3. The van der Waals surface area contributed by atoms with E-state index in [0.717, 1.165) is 0 Å². The van der Waals surface area contributed by atoms with Crippen molar-refractivity contribution in [1.29, 1.82) is 0 Å². The highest BCUT2D eigenvalue weighted by atomic mass is 16.5. The molecule has 0 radical (unpaired) electrons. The van der Waals surface area contributed by atoms with E-state index in [9.17, 15) is 10.2 Å². The molecule has 0 saturated heterocycles. The van der Waals surface area contributed by atoms with Crippen LogP contribution in [0.25, 0.3) is 0 Å². The summed E-state index contributed by atoms with van der Waals surface area (Å²) in [5.74, 6) is 0.707. The molecule has 0 aliphatic carbocycles. The Hall–Kier alpha value is -1.06. The number of aliphatic hydroxyl groups is 2. The van der Waals surface area contributed by atoms with Crippen molar-refractivity contribution in [1.82, 2.24) is 0 Å². The van der Waals surface area contributed by atoms with Gasteiger partial charge in [-0.05, 0) is 31.4 Å². The molecule has 0 fully saturated rings. The fourth-order valence-corrected chi connectivity index (χ4v) is 2.19. The SMILES string of the molecule is CCC(O)(CC)C(O)(CC)COc1ccccc1. The lowest BCUT2D eigenvalue weighted by Gasteiger charge is -2.42. The second-order valence-corrected chi connectivity index (χ2v) is 4.73. The lowest BCUT2D eigenvalue weighted by Crippen LogP contribution is -2.56. The minimum atomic E-state index is -1.22. The Morgan fingerprint density at radius 1 is 0.889 bits per heavy atom. The van der Waals surface area contributed by atoms with Gasteiger partial charge in [-0.2, -0.15) is 0 Å². The van der Waals surface area contributed by atoms with Crippen molar-refractivity contribution >= 4 is 0 Å². The molecule has 0 amide bonds. The van der Waals surface area contributed by atoms with E-state index in [0.29, 0.717) is 25.0 Å². The van der Waals surface area contributed by atoms with Crippen molar-refractivity contribution in [2.75, 3.05) is 6.61 Å². The molecule has 0 aliphatic heterocycles. The van der Waals surface area contributed by atoms with Crippen LogP contribution >= 0.6 is 0 Å². The summed E-state index contributed by atoms with van der Waals surface area (Å²) < 4.78 is 5.60. The summed E-state index contributed by atoms with van der Waals surface area (Å²) in [5.41, 5.74) is -2.32. The maximum Gasteiger partial charge on any atom is 0.127 e. The third-order valence-corrected chi connectivity index (χ3v) is 3.84. The fourth-order valence-electron chi connectivity index (χ4n) is 2.19. The van der Waals surface area contributed by atoms with Gasteiger partial charge in [-0.1, -0.05) is 39.0 Å². The van der Waals surface area contributed by atoms with Gasteiger partial charge < -0.3 is 14.9 Å². The summed E-state index contributed by atoms with van der Waals surface area (Å²) >= 11 is 0. The Kier molecular flexibility index (Phi) is 5.17. The molecule has 2 N–H and O–H groups in total. The van der Waals surface area contributed by atoms with E-state index in [1.54, 1.807) is 0 Å². The van der Waals surface area contributed by atoms with Gasteiger partial charge >= 0.3 is 0 Å². The summed E-state index contributed by atoms with van der Waals surface area (Å²) in [6.45, 7) is 5.73. The van der Waals surface area contributed by atoms with Crippen LogP contribution in [0.4, 0.5) is 0 Å². The zero-order chi connectivity index (χ0) is 13.6. The average Bonchev–Trinajstić information content (AvgIpc) is 2.44. The first-order valence-electron chi connectivity index (χ1n) is 6.64. The fraction of sp³-hybridized carbons (Fsp3) is 0.600. The van der Waals surface area contributed by atoms with Crippen molar-refractivity contribution in [3.05, 3.63) is 30.3 Å². The van der Waals surface area contributed by atoms with Crippen LogP contribution in [-0.2, 0) is 0 Å². The Labute approximate surface area is 109 Å². The number of hydrogen-bond donors (Lipinski definition) is 2. The second-order valence-electron chi connectivity index (χ2n) is 4.73. The van der Waals surface area contributed by atoms with Gasteiger partial charge in [-0.3, -0.25) is 0 Å². The van der Waals surface area contributed by atoms with Gasteiger partial charge in [0.25, 0.3) is 0 Å². The highest BCUT2D eigenvalue weighted by Gasteiger charge is 2.46. The molecule has 0 heterocycles. The maximum atomic E-state index is 10.6. The molecule has 0 spiro atoms. The van der Waals surface area contributed by atoms with Crippen molar-refractivity contribution in [2.24, 2.45) is 0 Å². The van der Waals surface area contributed by atoms with Crippen molar-refractivity contribution in [3.63, 3.8) is 0 Å². The molecule has 1 atom stereocenters. The summed E-state index contributed by atoms with van der Waals surface area (Å²) in [6, 6.07) is 9.35. The highest BCUT2D eigenvalue weighted by molar-refractivity contribution is 5.21. The van der Waals surface area contributed by atoms with Gasteiger partial charge in [0.15, 0.2) is 0 Å². The number of para-hydroxylation sites is 1. The smallest absolute Gasteiger partial charge is 0.127 e. The molecule has 0 aliphatic rings. The lowest BCUT2D eigenvalue weighted by molar-refractivity contribution is -0.172. The van der Waals surface area contributed by atoms with Gasteiger partial charge in [0.05, 0.1) is 5.60 Å². The Morgan fingerprint density at radius 3 is 1.83 bits per heavy atom. The third-order valence-electron chi connectivity index (χ3n) is 3.84.